The van der Waals surface area contributed by atoms with E-state index in [4.69, 9.17) is 24.4 Å². The number of aromatic hydroxyl groups is 1. The molecule has 0 saturated carbocycles. The highest BCUT2D eigenvalue weighted by molar-refractivity contribution is 6.08. The molecule has 7 nitrogen and oxygen atoms in total. The van der Waals surface area contributed by atoms with Gasteiger partial charge >= 0.3 is 0 Å². The van der Waals surface area contributed by atoms with Crippen molar-refractivity contribution in [3.05, 3.63) is 108 Å². The Morgan fingerprint density at radius 2 is 1.45 bits per heavy atom. The summed E-state index contributed by atoms with van der Waals surface area (Å²) in [6.07, 6.45) is 1.80. The van der Waals surface area contributed by atoms with Crippen LogP contribution in [-0.2, 0) is 10.8 Å². The largest absolute Gasteiger partial charge is 0.507 e. The van der Waals surface area contributed by atoms with Gasteiger partial charge in [0.1, 0.15) is 39.7 Å². The highest BCUT2D eigenvalue weighted by atomic mass is 16.3. The number of hydrogen-bond donors (Lipinski definition) is 1. The quantitative estimate of drug-likeness (QED) is 0.212. The lowest BCUT2D eigenvalue weighted by atomic mass is 9.78. The molecule has 0 fully saturated rings. The van der Waals surface area contributed by atoms with E-state index in [0.29, 0.717) is 45.3 Å². The summed E-state index contributed by atoms with van der Waals surface area (Å²) in [7, 11) is 0. The van der Waals surface area contributed by atoms with Crippen molar-refractivity contribution in [3.63, 3.8) is 0 Å². The first-order valence-electron chi connectivity index (χ1n) is 15.9. The molecule has 3 aromatic carbocycles. The third kappa shape index (κ3) is 4.64. The van der Waals surface area contributed by atoms with Crippen molar-refractivity contribution in [2.24, 2.45) is 0 Å². The minimum absolute atomic E-state index is 0.169. The van der Waals surface area contributed by atoms with Crippen molar-refractivity contribution in [2.45, 2.75) is 52.4 Å². The fourth-order valence-electron chi connectivity index (χ4n) is 6.41. The first-order chi connectivity index (χ1) is 22.5. The summed E-state index contributed by atoms with van der Waals surface area (Å²) in [5.41, 5.74) is 6.95. The molecule has 8 aromatic rings. The van der Waals surface area contributed by atoms with Crippen LogP contribution in [0, 0.1) is 0 Å². The van der Waals surface area contributed by atoms with E-state index < -0.39 is 0 Å². The molecule has 0 aliphatic heterocycles. The normalized spacial score (nSPS) is 12.6. The number of nitrogens with zero attached hydrogens (tertiary/aromatic N) is 5. The molecule has 1 N–H and O–H groups in total. The lowest BCUT2D eigenvalue weighted by Crippen LogP contribution is -2.17. The smallest absolute Gasteiger partial charge is 0.180 e. The van der Waals surface area contributed by atoms with Crippen molar-refractivity contribution in [2.75, 3.05) is 0 Å². The Hall–Kier alpha value is -5.56. The van der Waals surface area contributed by atoms with E-state index in [0.717, 1.165) is 38.4 Å². The van der Waals surface area contributed by atoms with Crippen LogP contribution < -0.4 is 0 Å². The Morgan fingerprint density at radius 3 is 2.23 bits per heavy atom. The average molecular weight is 618 g/mol. The van der Waals surface area contributed by atoms with Crippen molar-refractivity contribution >= 4 is 44.0 Å². The van der Waals surface area contributed by atoms with E-state index in [1.54, 1.807) is 6.20 Å². The van der Waals surface area contributed by atoms with E-state index in [9.17, 15) is 5.11 Å². The molecule has 5 aromatic heterocycles. The van der Waals surface area contributed by atoms with Gasteiger partial charge in [-0.3, -0.25) is 4.57 Å². The molecule has 47 heavy (non-hydrogen) atoms. The molecule has 0 amide bonds. The van der Waals surface area contributed by atoms with Crippen LogP contribution >= 0.6 is 0 Å². The second kappa shape index (κ2) is 10.2. The van der Waals surface area contributed by atoms with Gasteiger partial charge in [-0.2, -0.15) is 0 Å². The number of benzene rings is 3. The van der Waals surface area contributed by atoms with Gasteiger partial charge in [0.15, 0.2) is 11.4 Å². The van der Waals surface area contributed by atoms with E-state index >= 15 is 0 Å². The molecule has 7 heteroatoms. The highest BCUT2D eigenvalue weighted by Gasteiger charge is 2.28. The van der Waals surface area contributed by atoms with Crippen LogP contribution in [0.3, 0.4) is 0 Å². The Morgan fingerprint density at radius 1 is 0.702 bits per heavy atom. The maximum atomic E-state index is 11.9. The number of phenolic OH excluding ortho intramolecular Hbond substituents is 1. The van der Waals surface area contributed by atoms with Crippen molar-refractivity contribution < 1.29 is 9.52 Å². The first-order valence-corrected chi connectivity index (χ1v) is 15.9. The number of hydrogen-bond acceptors (Lipinski definition) is 6. The van der Waals surface area contributed by atoms with E-state index in [2.05, 4.69) is 70.4 Å². The molecule has 0 saturated heterocycles. The van der Waals surface area contributed by atoms with E-state index in [1.165, 1.54) is 0 Å². The molecule has 0 aliphatic carbocycles. The van der Waals surface area contributed by atoms with Gasteiger partial charge in [-0.25, -0.2) is 19.9 Å². The number of phenols is 1. The molecule has 0 aliphatic rings. The average Bonchev–Trinajstić information content (AvgIpc) is 3.59. The SMILES string of the molecule is CC(C)(C)c1cc(-c2nc(-c3cccc(-n4c5ccccc5c5cccnc54)n3)nc3c2oc2ccccc23)c(O)c(C(C)(C)C)c1. The van der Waals surface area contributed by atoms with Crippen LogP contribution in [0.1, 0.15) is 52.7 Å². The van der Waals surface area contributed by atoms with Crippen LogP contribution in [0.4, 0.5) is 0 Å². The third-order valence-corrected chi connectivity index (χ3v) is 8.89. The molecule has 232 valence electrons. The van der Waals surface area contributed by atoms with Crippen LogP contribution in [-0.4, -0.2) is 29.6 Å². The first kappa shape index (κ1) is 28.9. The minimum atomic E-state index is -0.310. The second-order valence-electron chi connectivity index (χ2n) is 14.2. The zero-order valence-corrected chi connectivity index (χ0v) is 27.3. The molecule has 0 atom stereocenters. The predicted molar refractivity (Wildman–Crippen MR) is 189 cm³/mol. The standard InChI is InChI=1S/C40H35N5O2/c1-39(2,3)23-21-27(35(46)28(22-23)40(4,5)6)34-36-33(26-14-8-10-18-31(26)47-36)43-37(44-34)29-16-11-19-32(42-29)45-30-17-9-7-13-24(30)25-15-12-20-41-38(25)45/h7-22,46H,1-6H3. The monoisotopic (exact) mass is 617 g/mol. The van der Waals surface area contributed by atoms with Gasteiger partial charge in [-0.15, -0.1) is 0 Å². The van der Waals surface area contributed by atoms with Crippen LogP contribution in [0.15, 0.2) is 102 Å². The summed E-state index contributed by atoms with van der Waals surface area (Å²) in [5, 5.41) is 14.9. The summed E-state index contributed by atoms with van der Waals surface area (Å²) < 4.78 is 8.52. The molecular weight excluding hydrogens is 582 g/mol. The topological polar surface area (TPSA) is 89.9 Å². The Balaban J connectivity index is 1.42. The summed E-state index contributed by atoms with van der Waals surface area (Å²) in [6.45, 7) is 12.9. The number of furan rings is 1. The number of fused-ring (bicyclic) bond motifs is 6. The Bertz CT molecular complexity index is 2460. The third-order valence-electron chi connectivity index (χ3n) is 8.89. The van der Waals surface area contributed by atoms with E-state index in [1.807, 2.05) is 66.7 Å². The Kier molecular flexibility index (Phi) is 6.28. The van der Waals surface area contributed by atoms with Crippen molar-refractivity contribution in [1.82, 2.24) is 24.5 Å². The van der Waals surface area contributed by atoms with Crippen LogP contribution in [0.2, 0.25) is 0 Å². The van der Waals surface area contributed by atoms with Crippen molar-refractivity contribution in [3.8, 4) is 34.3 Å². The van der Waals surface area contributed by atoms with Gasteiger partial charge in [0.25, 0.3) is 0 Å². The maximum absolute atomic E-state index is 11.9. The zero-order valence-electron chi connectivity index (χ0n) is 27.3. The lowest BCUT2D eigenvalue weighted by Gasteiger charge is -2.27. The molecular formula is C40H35N5O2. The van der Waals surface area contributed by atoms with Gasteiger partial charge in [0.05, 0.1) is 5.52 Å². The van der Waals surface area contributed by atoms with Gasteiger partial charge in [-0.1, -0.05) is 84.0 Å². The second-order valence-corrected chi connectivity index (χ2v) is 14.2. The number of para-hydroxylation sites is 2. The fourth-order valence-corrected chi connectivity index (χ4v) is 6.41. The lowest BCUT2D eigenvalue weighted by molar-refractivity contribution is 0.446. The molecule has 5 heterocycles. The number of aromatic nitrogens is 5. The summed E-state index contributed by atoms with van der Waals surface area (Å²) in [5.74, 6) is 1.34. The molecule has 0 radical (unpaired) electrons. The molecule has 0 bridgehead atoms. The van der Waals surface area contributed by atoms with Crippen LogP contribution in [0.5, 0.6) is 5.75 Å². The Labute approximate surface area is 272 Å². The van der Waals surface area contributed by atoms with Gasteiger partial charge in [-0.05, 0) is 64.9 Å². The highest BCUT2D eigenvalue weighted by Crippen LogP contribution is 2.45. The minimum Gasteiger partial charge on any atom is -0.507 e. The number of pyridine rings is 2. The summed E-state index contributed by atoms with van der Waals surface area (Å²) in [4.78, 5) is 20.1. The van der Waals surface area contributed by atoms with Gasteiger partial charge in [0, 0.05) is 33.5 Å². The zero-order chi connectivity index (χ0) is 32.7. The molecule has 0 unspecified atom stereocenters. The predicted octanol–water partition coefficient (Wildman–Crippen LogP) is 9.90. The molecule has 8 rings (SSSR count). The molecule has 0 spiro atoms. The fraction of sp³-hybridized carbons (Fsp3) is 0.200. The van der Waals surface area contributed by atoms with Crippen molar-refractivity contribution in [1.29, 1.82) is 0 Å². The van der Waals surface area contributed by atoms with Gasteiger partial charge < -0.3 is 9.52 Å². The van der Waals surface area contributed by atoms with Gasteiger partial charge in [0.2, 0.25) is 0 Å². The summed E-state index contributed by atoms with van der Waals surface area (Å²) in [6, 6.07) is 30.2. The number of rotatable bonds is 3. The maximum Gasteiger partial charge on any atom is 0.180 e. The van der Waals surface area contributed by atoms with Crippen LogP contribution in [0.25, 0.3) is 72.6 Å². The summed E-state index contributed by atoms with van der Waals surface area (Å²) >= 11 is 0. The van der Waals surface area contributed by atoms with E-state index in [-0.39, 0.29) is 16.6 Å².